The number of hydrogen-bond acceptors (Lipinski definition) is 3. The van der Waals surface area contributed by atoms with Gasteiger partial charge in [-0.1, -0.05) is 36.0 Å². The Balaban J connectivity index is 2.66. The molecule has 0 fully saturated rings. The lowest BCUT2D eigenvalue weighted by molar-refractivity contribution is 0.441. The fraction of sp³-hybridized carbons (Fsp3) is 0.429. The quantitative estimate of drug-likeness (QED) is 0.717. The highest BCUT2D eigenvalue weighted by Crippen LogP contribution is 2.26. The zero-order valence-electron chi connectivity index (χ0n) is 11.2. The van der Waals surface area contributed by atoms with E-state index in [-0.39, 0.29) is 0 Å². The molecule has 0 aromatic heterocycles. The van der Waals surface area contributed by atoms with Gasteiger partial charge in [-0.3, -0.25) is 0 Å². The summed E-state index contributed by atoms with van der Waals surface area (Å²) in [4.78, 5) is 7.09. The van der Waals surface area contributed by atoms with Gasteiger partial charge in [-0.25, -0.2) is 0 Å². The highest BCUT2D eigenvalue weighted by molar-refractivity contribution is 8.03. The van der Waals surface area contributed by atoms with Crippen LogP contribution in [0.2, 0.25) is 0 Å². The van der Waals surface area contributed by atoms with Crippen molar-refractivity contribution in [1.82, 2.24) is 9.80 Å². The van der Waals surface area contributed by atoms with Crippen molar-refractivity contribution >= 4 is 11.8 Å². The molecule has 2 nitrogen and oxygen atoms in total. The minimum atomic E-state index is 0.989. The molecule has 0 amide bonds. The predicted octanol–water partition coefficient (Wildman–Crippen LogP) is 2.79. The molecule has 0 spiro atoms. The van der Waals surface area contributed by atoms with Gasteiger partial charge in [0.1, 0.15) is 0 Å². The molecule has 0 radical (unpaired) electrons. The Morgan fingerprint density at radius 3 is 2.24 bits per heavy atom. The van der Waals surface area contributed by atoms with E-state index in [2.05, 4.69) is 74.4 Å². The normalized spacial score (nSPS) is 12.5. The van der Waals surface area contributed by atoms with Gasteiger partial charge in [0.25, 0.3) is 0 Å². The van der Waals surface area contributed by atoms with Crippen LogP contribution in [0.3, 0.4) is 0 Å². The number of rotatable bonds is 6. The van der Waals surface area contributed by atoms with Crippen molar-refractivity contribution in [2.75, 3.05) is 41.3 Å². The van der Waals surface area contributed by atoms with Gasteiger partial charge in [0.05, 0.1) is 0 Å². The fourth-order valence-corrected chi connectivity index (χ4v) is 2.45. The van der Waals surface area contributed by atoms with E-state index in [4.69, 9.17) is 0 Å². The Morgan fingerprint density at radius 2 is 1.71 bits per heavy atom. The lowest BCUT2D eigenvalue weighted by atomic mass is 10.4. The molecular weight excluding hydrogens is 228 g/mol. The second-order valence-corrected chi connectivity index (χ2v) is 5.79. The molecule has 3 heteroatoms. The molecule has 17 heavy (non-hydrogen) atoms. The van der Waals surface area contributed by atoms with Crippen LogP contribution < -0.4 is 0 Å². The molecule has 1 rings (SSSR count). The zero-order chi connectivity index (χ0) is 12.7. The van der Waals surface area contributed by atoms with Crippen LogP contribution >= 0.6 is 11.8 Å². The third-order valence-corrected chi connectivity index (χ3v) is 3.21. The van der Waals surface area contributed by atoms with Crippen LogP contribution in [0, 0.1) is 0 Å². The number of hydrogen-bond donors (Lipinski definition) is 0. The minimum absolute atomic E-state index is 0.989. The second-order valence-electron chi connectivity index (χ2n) is 4.59. The molecular formula is C14H22N2S. The average Bonchev–Trinajstić information content (AvgIpc) is 2.26. The second kappa shape index (κ2) is 7.54. The number of benzene rings is 1. The summed E-state index contributed by atoms with van der Waals surface area (Å²) < 4.78 is 0. The van der Waals surface area contributed by atoms with Crippen molar-refractivity contribution in [1.29, 1.82) is 0 Å². The van der Waals surface area contributed by atoms with Crippen LogP contribution in [-0.2, 0) is 0 Å². The van der Waals surface area contributed by atoms with Gasteiger partial charge < -0.3 is 9.80 Å². The van der Waals surface area contributed by atoms with Crippen LogP contribution in [-0.4, -0.2) is 51.1 Å². The maximum Gasteiger partial charge on any atom is 0.0288 e. The summed E-state index contributed by atoms with van der Waals surface area (Å²) >= 11 is 1.85. The van der Waals surface area contributed by atoms with Crippen LogP contribution in [0.1, 0.15) is 0 Å². The minimum Gasteiger partial charge on any atom is -0.306 e. The molecule has 0 saturated carbocycles. The lowest BCUT2D eigenvalue weighted by Gasteiger charge is -2.14. The summed E-state index contributed by atoms with van der Waals surface area (Å²) in [5, 5.41) is 0. The van der Waals surface area contributed by atoms with Gasteiger partial charge in [0.2, 0.25) is 0 Å². The molecule has 1 aromatic carbocycles. The van der Waals surface area contributed by atoms with Gasteiger partial charge >= 0.3 is 0 Å². The molecule has 0 aliphatic rings. The first kappa shape index (κ1) is 14.3. The van der Waals surface area contributed by atoms with E-state index in [0.29, 0.717) is 0 Å². The summed E-state index contributed by atoms with van der Waals surface area (Å²) in [7, 11) is 8.40. The molecule has 0 aliphatic heterocycles. The summed E-state index contributed by atoms with van der Waals surface area (Å²) in [6.07, 6.45) is 2.30. The zero-order valence-corrected chi connectivity index (χ0v) is 12.0. The smallest absolute Gasteiger partial charge is 0.0288 e. The topological polar surface area (TPSA) is 6.48 Å². The predicted molar refractivity (Wildman–Crippen MR) is 77.5 cm³/mol. The van der Waals surface area contributed by atoms with Gasteiger partial charge in [0, 0.05) is 22.9 Å². The van der Waals surface area contributed by atoms with Crippen molar-refractivity contribution in [2.24, 2.45) is 0 Å². The van der Waals surface area contributed by atoms with Gasteiger partial charge in [-0.2, -0.15) is 0 Å². The maximum atomic E-state index is 2.30. The molecule has 0 N–H and O–H groups in total. The summed E-state index contributed by atoms with van der Waals surface area (Å²) in [6, 6.07) is 10.5. The van der Waals surface area contributed by atoms with E-state index < -0.39 is 0 Å². The molecule has 0 unspecified atom stereocenters. The van der Waals surface area contributed by atoms with Crippen molar-refractivity contribution < 1.29 is 0 Å². The van der Waals surface area contributed by atoms with Crippen LogP contribution in [0.25, 0.3) is 0 Å². The molecule has 0 aliphatic carbocycles. The van der Waals surface area contributed by atoms with E-state index >= 15 is 0 Å². The van der Waals surface area contributed by atoms with Crippen molar-refractivity contribution in [3.05, 3.63) is 41.3 Å². The third kappa shape index (κ3) is 6.51. The third-order valence-electron chi connectivity index (χ3n) is 2.15. The van der Waals surface area contributed by atoms with Crippen LogP contribution in [0.4, 0.5) is 0 Å². The van der Waals surface area contributed by atoms with E-state index in [1.807, 2.05) is 11.8 Å². The lowest BCUT2D eigenvalue weighted by Crippen LogP contribution is -2.16. The SMILES string of the molecule is CN(C)C/C=C(\CN(C)C)Sc1ccccc1. The number of likely N-dealkylation sites (N-methyl/N-ethyl adjacent to an activating group) is 2. The molecule has 0 saturated heterocycles. The highest BCUT2D eigenvalue weighted by Gasteiger charge is 2.02. The van der Waals surface area contributed by atoms with Gasteiger partial charge in [-0.15, -0.1) is 0 Å². The Morgan fingerprint density at radius 1 is 1.06 bits per heavy atom. The largest absolute Gasteiger partial charge is 0.306 e. The molecule has 0 atom stereocenters. The Kier molecular flexibility index (Phi) is 6.34. The summed E-state index contributed by atoms with van der Waals surface area (Å²) in [5.41, 5.74) is 0. The van der Waals surface area contributed by atoms with Gasteiger partial charge in [-0.05, 0) is 40.3 Å². The highest BCUT2D eigenvalue weighted by atomic mass is 32.2. The molecule has 1 aromatic rings. The van der Waals surface area contributed by atoms with Crippen molar-refractivity contribution in [3.63, 3.8) is 0 Å². The average molecular weight is 250 g/mol. The van der Waals surface area contributed by atoms with Crippen LogP contribution in [0.15, 0.2) is 46.2 Å². The van der Waals surface area contributed by atoms with Crippen molar-refractivity contribution in [3.8, 4) is 0 Å². The maximum absolute atomic E-state index is 2.30. The van der Waals surface area contributed by atoms with E-state index in [1.165, 1.54) is 9.80 Å². The first-order valence-electron chi connectivity index (χ1n) is 5.79. The van der Waals surface area contributed by atoms with E-state index in [1.54, 1.807) is 0 Å². The Bertz CT molecular complexity index is 344. The summed E-state index contributed by atoms with van der Waals surface area (Å²) in [6.45, 7) is 1.98. The molecule has 94 valence electrons. The Labute approximate surface area is 109 Å². The monoisotopic (exact) mass is 250 g/mol. The summed E-state index contributed by atoms with van der Waals surface area (Å²) in [5.74, 6) is 0. The number of thioether (sulfide) groups is 1. The van der Waals surface area contributed by atoms with Crippen molar-refractivity contribution in [2.45, 2.75) is 4.90 Å². The van der Waals surface area contributed by atoms with E-state index in [0.717, 1.165) is 13.1 Å². The Hall–Kier alpha value is -0.770. The molecule has 0 heterocycles. The fourth-order valence-electron chi connectivity index (χ4n) is 1.37. The first-order valence-corrected chi connectivity index (χ1v) is 6.61. The standard InChI is InChI=1S/C14H22N2S/c1-15(2)11-10-14(12-16(3)4)17-13-8-6-5-7-9-13/h5-10H,11-12H2,1-4H3/b14-10+. The first-order chi connectivity index (χ1) is 8.08. The van der Waals surface area contributed by atoms with E-state index in [9.17, 15) is 0 Å². The number of nitrogens with zero attached hydrogens (tertiary/aromatic N) is 2. The van der Waals surface area contributed by atoms with Crippen LogP contribution in [0.5, 0.6) is 0 Å². The van der Waals surface area contributed by atoms with Gasteiger partial charge in [0.15, 0.2) is 0 Å². The molecule has 0 bridgehead atoms.